The molecule has 34 heavy (non-hydrogen) atoms. The zero-order valence-corrected chi connectivity index (χ0v) is 20.7. The van der Waals surface area contributed by atoms with Gasteiger partial charge in [0, 0.05) is 26.5 Å². The number of thiazole rings is 1. The van der Waals surface area contributed by atoms with Crippen LogP contribution in [0.1, 0.15) is 40.9 Å². The molecular formula is C26H22BrN3O3S. The van der Waals surface area contributed by atoms with Gasteiger partial charge in [-0.3, -0.25) is 15.1 Å². The number of nitrogens with one attached hydrogen (secondary N) is 1. The lowest BCUT2D eigenvalue weighted by atomic mass is 9.97. The highest BCUT2D eigenvalue weighted by Gasteiger charge is 2.23. The first-order chi connectivity index (χ1) is 16.6. The third kappa shape index (κ3) is 4.88. The summed E-state index contributed by atoms with van der Waals surface area (Å²) in [4.78, 5) is 34.9. The molecular weight excluding hydrogens is 514 g/mol. The molecule has 0 unspecified atom stereocenters. The molecule has 8 heteroatoms. The lowest BCUT2D eigenvalue weighted by molar-refractivity contribution is -0.119. The molecule has 1 amide bonds. The van der Waals surface area contributed by atoms with Gasteiger partial charge in [0.2, 0.25) is 0 Å². The number of ether oxygens (including phenoxy) is 1. The van der Waals surface area contributed by atoms with E-state index in [1.807, 2.05) is 53.9 Å². The van der Waals surface area contributed by atoms with Crippen LogP contribution in [0.15, 0.2) is 58.4 Å². The van der Waals surface area contributed by atoms with E-state index in [1.165, 1.54) is 11.3 Å². The van der Waals surface area contributed by atoms with Gasteiger partial charge in [0.05, 0.1) is 16.8 Å². The van der Waals surface area contributed by atoms with E-state index in [9.17, 15) is 9.59 Å². The minimum Gasteiger partial charge on any atom is -0.452 e. The predicted molar refractivity (Wildman–Crippen MR) is 137 cm³/mol. The number of nitrogens with zero attached hydrogens (tertiary/aromatic N) is 2. The van der Waals surface area contributed by atoms with Crippen LogP contribution in [0, 0.1) is 0 Å². The van der Waals surface area contributed by atoms with Crippen molar-refractivity contribution in [3.63, 3.8) is 0 Å². The number of fused-ring (bicyclic) bond motifs is 2. The number of hydrogen-bond acceptors (Lipinski definition) is 6. The second kappa shape index (κ2) is 10.0. The van der Waals surface area contributed by atoms with Crippen molar-refractivity contribution in [3.05, 3.63) is 75.2 Å². The highest BCUT2D eigenvalue weighted by atomic mass is 79.9. The van der Waals surface area contributed by atoms with Gasteiger partial charge in [0.25, 0.3) is 5.91 Å². The van der Waals surface area contributed by atoms with Crippen molar-refractivity contribution in [2.45, 2.75) is 32.1 Å². The Morgan fingerprint density at radius 2 is 1.79 bits per heavy atom. The molecule has 1 aliphatic rings. The third-order valence-electron chi connectivity index (χ3n) is 5.85. The monoisotopic (exact) mass is 535 g/mol. The van der Waals surface area contributed by atoms with E-state index >= 15 is 0 Å². The van der Waals surface area contributed by atoms with E-state index in [0.717, 1.165) is 70.0 Å². The SMILES string of the molecule is O=C(COC(=O)c1c2c(nc3ccccc13)CCCCC2)Nc1nc(-c2ccc(Br)cc2)cs1. The Morgan fingerprint density at radius 1 is 1.00 bits per heavy atom. The molecule has 0 spiro atoms. The molecule has 0 saturated carbocycles. The Morgan fingerprint density at radius 3 is 2.65 bits per heavy atom. The summed E-state index contributed by atoms with van der Waals surface area (Å²) in [5.74, 6) is -0.906. The highest BCUT2D eigenvalue weighted by Crippen LogP contribution is 2.30. The summed E-state index contributed by atoms with van der Waals surface area (Å²) >= 11 is 4.75. The lowest BCUT2D eigenvalue weighted by Gasteiger charge is -2.14. The van der Waals surface area contributed by atoms with Gasteiger partial charge in [0.1, 0.15) is 0 Å². The number of hydrogen-bond donors (Lipinski definition) is 1. The number of para-hydroxylation sites is 1. The van der Waals surface area contributed by atoms with E-state index in [2.05, 4.69) is 26.2 Å². The number of benzene rings is 2. The maximum absolute atomic E-state index is 13.2. The number of rotatable bonds is 5. The normalized spacial score (nSPS) is 13.2. The Kier molecular flexibility index (Phi) is 6.69. The quantitative estimate of drug-likeness (QED) is 0.243. The van der Waals surface area contributed by atoms with Crippen molar-refractivity contribution in [1.82, 2.24) is 9.97 Å². The number of amides is 1. The minimum absolute atomic E-state index is 0.378. The van der Waals surface area contributed by atoms with E-state index in [4.69, 9.17) is 9.72 Å². The summed E-state index contributed by atoms with van der Waals surface area (Å²) in [7, 11) is 0. The van der Waals surface area contributed by atoms with Crippen LogP contribution in [-0.4, -0.2) is 28.5 Å². The Balaban J connectivity index is 1.30. The molecule has 0 atom stereocenters. The van der Waals surface area contributed by atoms with Gasteiger partial charge in [0.15, 0.2) is 11.7 Å². The molecule has 0 bridgehead atoms. The Hall–Kier alpha value is -3.10. The number of pyridine rings is 1. The zero-order chi connectivity index (χ0) is 23.5. The topological polar surface area (TPSA) is 81.2 Å². The van der Waals surface area contributed by atoms with Gasteiger partial charge < -0.3 is 4.74 Å². The van der Waals surface area contributed by atoms with E-state index in [0.29, 0.717) is 10.7 Å². The third-order valence-corrected chi connectivity index (χ3v) is 7.13. The van der Waals surface area contributed by atoms with Crippen molar-refractivity contribution in [2.75, 3.05) is 11.9 Å². The fraction of sp³-hybridized carbons (Fsp3) is 0.231. The van der Waals surface area contributed by atoms with Crippen molar-refractivity contribution >= 4 is 55.2 Å². The van der Waals surface area contributed by atoms with Crippen molar-refractivity contribution in [3.8, 4) is 11.3 Å². The number of carbonyl (C=O) groups is 2. The van der Waals surface area contributed by atoms with Gasteiger partial charge in [-0.1, -0.05) is 52.7 Å². The van der Waals surface area contributed by atoms with Crippen LogP contribution in [0.5, 0.6) is 0 Å². The molecule has 2 aromatic heterocycles. The zero-order valence-electron chi connectivity index (χ0n) is 18.3. The van der Waals surface area contributed by atoms with Gasteiger partial charge in [-0.05, 0) is 49.4 Å². The maximum Gasteiger partial charge on any atom is 0.339 e. The fourth-order valence-corrected chi connectivity index (χ4v) is 5.23. The minimum atomic E-state index is -0.485. The van der Waals surface area contributed by atoms with Gasteiger partial charge in [-0.15, -0.1) is 11.3 Å². The smallest absolute Gasteiger partial charge is 0.339 e. The number of esters is 1. The highest BCUT2D eigenvalue weighted by molar-refractivity contribution is 9.10. The largest absolute Gasteiger partial charge is 0.452 e. The molecule has 2 aromatic carbocycles. The average molecular weight is 536 g/mol. The molecule has 0 radical (unpaired) electrons. The van der Waals surface area contributed by atoms with Crippen LogP contribution in [-0.2, 0) is 22.4 Å². The molecule has 0 saturated heterocycles. The van der Waals surface area contributed by atoms with E-state index in [1.54, 1.807) is 0 Å². The molecule has 6 nitrogen and oxygen atoms in total. The predicted octanol–water partition coefficient (Wildman–Crippen LogP) is 6.19. The summed E-state index contributed by atoms with van der Waals surface area (Å²) in [6.45, 7) is -0.378. The lowest BCUT2D eigenvalue weighted by Crippen LogP contribution is -2.22. The summed E-state index contributed by atoms with van der Waals surface area (Å²) in [5.41, 5.74) is 4.98. The van der Waals surface area contributed by atoms with Crippen LogP contribution in [0.25, 0.3) is 22.2 Å². The van der Waals surface area contributed by atoms with Crippen molar-refractivity contribution in [2.24, 2.45) is 0 Å². The number of anilines is 1. The molecule has 1 N–H and O–H groups in total. The number of carbonyl (C=O) groups excluding carboxylic acids is 2. The van der Waals surface area contributed by atoms with E-state index < -0.39 is 11.9 Å². The fourth-order valence-electron chi connectivity index (χ4n) is 4.23. The molecule has 1 aliphatic carbocycles. The van der Waals surface area contributed by atoms with Crippen LogP contribution in [0.2, 0.25) is 0 Å². The standard InChI is InChI=1S/C26H22BrN3O3S/c27-17-12-10-16(11-13-17)22-15-34-26(29-22)30-23(31)14-33-25(32)24-18-6-2-1-3-8-20(18)28-21-9-5-4-7-19(21)24/h4-5,7,9-13,15H,1-3,6,8,14H2,(H,29,30,31). The summed E-state index contributed by atoms with van der Waals surface area (Å²) < 4.78 is 6.46. The number of halogens is 1. The molecule has 5 rings (SSSR count). The Bertz CT molecular complexity index is 1370. The first-order valence-electron chi connectivity index (χ1n) is 11.2. The molecule has 0 fully saturated rings. The second-order valence-corrected chi connectivity index (χ2v) is 9.93. The summed E-state index contributed by atoms with van der Waals surface area (Å²) in [6, 6.07) is 15.4. The second-order valence-electron chi connectivity index (χ2n) is 8.16. The molecule has 4 aromatic rings. The summed E-state index contributed by atoms with van der Waals surface area (Å²) in [5, 5.41) is 5.84. The number of aryl methyl sites for hydroxylation is 1. The average Bonchev–Trinajstić information content (AvgIpc) is 3.18. The summed E-state index contributed by atoms with van der Waals surface area (Å²) in [6.07, 6.45) is 4.83. The number of aromatic nitrogens is 2. The molecule has 2 heterocycles. The van der Waals surface area contributed by atoms with Gasteiger partial charge in [-0.25, -0.2) is 9.78 Å². The Labute approximate surface area is 209 Å². The van der Waals surface area contributed by atoms with Crippen LogP contribution in [0.4, 0.5) is 5.13 Å². The molecule has 172 valence electrons. The first-order valence-corrected chi connectivity index (χ1v) is 12.8. The molecule has 0 aliphatic heterocycles. The first kappa shape index (κ1) is 22.7. The van der Waals surface area contributed by atoms with E-state index in [-0.39, 0.29) is 6.61 Å². The van der Waals surface area contributed by atoms with Crippen LogP contribution in [0.3, 0.4) is 0 Å². The van der Waals surface area contributed by atoms with Crippen molar-refractivity contribution < 1.29 is 14.3 Å². The van der Waals surface area contributed by atoms with Crippen LogP contribution < -0.4 is 5.32 Å². The van der Waals surface area contributed by atoms with Crippen LogP contribution >= 0.6 is 27.3 Å². The van der Waals surface area contributed by atoms with Gasteiger partial charge >= 0.3 is 5.97 Å². The maximum atomic E-state index is 13.2. The van der Waals surface area contributed by atoms with Gasteiger partial charge in [-0.2, -0.15) is 0 Å². The van der Waals surface area contributed by atoms with Crippen molar-refractivity contribution in [1.29, 1.82) is 0 Å².